The standard InChI is InChI=1S/C22H29N3OS/c1-3-17-6-10-19(11-7-17)24-22(27)23-16-21(25-14-4-5-15-25)18-8-12-20(26-2)13-9-18/h6-13,21H,3-5,14-16H2,1-2H3,(H2,23,24,27)/p+1/t21-/m0/s1. The first-order chi connectivity index (χ1) is 13.2. The van der Waals surface area contributed by atoms with Gasteiger partial charge < -0.3 is 20.3 Å². The predicted octanol–water partition coefficient (Wildman–Crippen LogP) is 2.96. The van der Waals surface area contributed by atoms with Crippen LogP contribution in [0.25, 0.3) is 0 Å². The van der Waals surface area contributed by atoms with E-state index in [1.54, 1.807) is 12.0 Å². The van der Waals surface area contributed by atoms with E-state index >= 15 is 0 Å². The van der Waals surface area contributed by atoms with Gasteiger partial charge in [0.15, 0.2) is 5.11 Å². The maximum absolute atomic E-state index is 5.53. The van der Waals surface area contributed by atoms with Crippen molar-refractivity contribution in [3.63, 3.8) is 0 Å². The van der Waals surface area contributed by atoms with Crippen molar-refractivity contribution in [3.8, 4) is 5.75 Å². The Morgan fingerprint density at radius 2 is 1.74 bits per heavy atom. The molecule has 0 spiro atoms. The lowest BCUT2D eigenvalue weighted by Gasteiger charge is -2.26. The van der Waals surface area contributed by atoms with E-state index in [9.17, 15) is 0 Å². The monoisotopic (exact) mass is 384 g/mol. The van der Waals surface area contributed by atoms with E-state index in [-0.39, 0.29) is 0 Å². The van der Waals surface area contributed by atoms with E-state index < -0.39 is 0 Å². The Morgan fingerprint density at radius 1 is 1.07 bits per heavy atom. The fourth-order valence-corrected chi connectivity index (χ4v) is 3.91. The zero-order valence-electron chi connectivity index (χ0n) is 16.3. The summed E-state index contributed by atoms with van der Waals surface area (Å²) < 4.78 is 5.30. The number of ether oxygens (including phenoxy) is 1. The summed E-state index contributed by atoms with van der Waals surface area (Å²) >= 11 is 5.53. The van der Waals surface area contributed by atoms with Crippen LogP contribution in [-0.2, 0) is 6.42 Å². The summed E-state index contributed by atoms with van der Waals surface area (Å²) in [6.07, 6.45) is 3.65. The first kappa shape index (κ1) is 19.6. The normalized spacial score (nSPS) is 15.3. The first-order valence-electron chi connectivity index (χ1n) is 9.82. The fourth-order valence-electron chi connectivity index (χ4n) is 3.71. The molecule has 0 bridgehead atoms. The van der Waals surface area contributed by atoms with Gasteiger partial charge in [0.1, 0.15) is 11.8 Å². The Bertz CT molecular complexity index is 724. The molecule has 3 N–H and O–H groups in total. The molecule has 0 amide bonds. The number of rotatable bonds is 7. The number of benzene rings is 2. The Labute approximate surface area is 167 Å². The van der Waals surface area contributed by atoms with Crippen molar-refractivity contribution >= 4 is 23.0 Å². The number of thiocarbonyl (C=S) groups is 1. The maximum atomic E-state index is 5.53. The van der Waals surface area contributed by atoms with Crippen LogP contribution >= 0.6 is 12.2 Å². The molecule has 1 aliphatic heterocycles. The van der Waals surface area contributed by atoms with Gasteiger partial charge in [-0.3, -0.25) is 0 Å². The molecule has 1 aliphatic rings. The van der Waals surface area contributed by atoms with Crippen LogP contribution in [0.15, 0.2) is 48.5 Å². The van der Waals surface area contributed by atoms with Gasteiger partial charge in [-0.05, 0) is 60.6 Å². The SMILES string of the molecule is CCc1ccc(NC(=S)NC[C@@H](c2ccc(OC)cc2)[NH+]2CCCC2)cc1. The average Bonchev–Trinajstić information content (AvgIpc) is 3.24. The Morgan fingerprint density at radius 3 is 2.33 bits per heavy atom. The zero-order valence-corrected chi connectivity index (χ0v) is 17.1. The first-order valence-corrected chi connectivity index (χ1v) is 10.2. The highest BCUT2D eigenvalue weighted by Gasteiger charge is 2.27. The van der Waals surface area contributed by atoms with Gasteiger partial charge >= 0.3 is 0 Å². The molecule has 2 aromatic rings. The summed E-state index contributed by atoms with van der Waals surface area (Å²) in [5.41, 5.74) is 3.69. The number of quaternary nitrogens is 1. The third kappa shape index (κ3) is 5.44. The number of nitrogens with one attached hydrogen (secondary N) is 3. The van der Waals surface area contributed by atoms with Crippen LogP contribution in [0, 0.1) is 0 Å². The molecule has 0 aromatic heterocycles. The van der Waals surface area contributed by atoms with Crippen LogP contribution in [0.2, 0.25) is 0 Å². The number of methoxy groups -OCH3 is 1. The van der Waals surface area contributed by atoms with Gasteiger partial charge in [-0.25, -0.2) is 0 Å². The van der Waals surface area contributed by atoms with Gasteiger partial charge in [0, 0.05) is 24.1 Å². The second kappa shape index (κ2) is 9.72. The molecule has 0 unspecified atom stereocenters. The molecular formula is C22H30N3OS+. The van der Waals surface area contributed by atoms with Crippen LogP contribution in [0.5, 0.6) is 5.75 Å². The number of aryl methyl sites for hydroxylation is 1. The highest BCUT2D eigenvalue weighted by Crippen LogP contribution is 2.17. The molecule has 4 nitrogen and oxygen atoms in total. The Balaban J connectivity index is 1.61. The average molecular weight is 385 g/mol. The smallest absolute Gasteiger partial charge is 0.171 e. The number of anilines is 1. The van der Waals surface area contributed by atoms with E-state index in [4.69, 9.17) is 17.0 Å². The molecule has 1 atom stereocenters. The fraction of sp³-hybridized carbons (Fsp3) is 0.409. The van der Waals surface area contributed by atoms with Crippen molar-refractivity contribution in [1.29, 1.82) is 0 Å². The molecule has 2 aromatic carbocycles. The lowest BCUT2D eigenvalue weighted by molar-refractivity contribution is -0.918. The number of hydrogen-bond donors (Lipinski definition) is 3. The molecule has 5 heteroatoms. The van der Waals surface area contributed by atoms with Gasteiger partial charge in [-0.2, -0.15) is 0 Å². The molecule has 1 saturated heterocycles. The Hall–Kier alpha value is -2.11. The molecular weight excluding hydrogens is 354 g/mol. The summed E-state index contributed by atoms with van der Waals surface area (Å²) in [5, 5.41) is 7.41. The minimum absolute atomic E-state index is 0.389. The van der Waals surface area contributed by atoms with Crippen LogP contribution in [0.4, 0.5) is 5.69 Å². The molecule has 0 saturated carbocycles. The van der Waals surface area contributed by atoms with Gasteiger partial charge in [0.2, 0.25) is 0 Å². The zero-order chi connectivity index (χ0) is 19.1. The largest absolute Gasteiger partial charge is 0.497 e. The highest BCUT2D eigenvalue weighted by molar-refractivity contribution is 7.80. The molecule has 3 rings (SSSR count). The van der Waals surface area contributed by atoms with E-state index in [0.717, 1.165) is 24.4 Å². The van der Waals surface area contributed by atoms with E-state index in [1.807, 2.05) is 12.1 Å². The summed E-state index contributed by atoms with van der Waals surface area (Å²) in [6.45, 7) is 5.42. The summed E-state index contributed by atoms with van der Waals surface area (Å²) in [5.74, 6) is 0.898. The minimum atomic E-state index is 0.389. The van der Waals surface area contributed by atoms with Crippen molar-refractivity contribution in [3.05, 3.63) is 59.7 Å². The molecule has 0 radical (unpaired) electrons. The third-order valence-electron chi connectivity index (χ3n) is 5.34. The van der Waals surface area contributed by atoms with Crippen LogP contribution in [0.3, 0.4) is 0 Å². The van der Waals surface area contributed by atoms with E-state index in [0.29, 0.717) is 11.2 Å². The van der Waals surface area contributed by atoms with Crippen molar-refractivity contribution in [2.45, 2.75) is 32.2 Å². The van der Waals surface area contributed by atoms with Crippen molar-refractivity contribution in [1.82, 2.24) is 5.32 Å². The number of hydrogen-bond acceptors (Lipinski definition) is 2. The van der Waals surface area contributed by atoms with Crippen molar-refractivity contribution in [2.75, 3.05) is 32.1 Å². The van der Waals surface area contributed by atoms with Gasteiger partial charge in [0.05, 0.1) is 26.7 Å². The van der Waals surface area contributed by atoms with E-state index in [2.05, 4.69) is 54.0 Å². The lowest BCUT2D eigenvalue weighted by Crippen LogP contribution is -3.11. The quantitative estimate of drug-likeness (QED) is 0.642. The highest BCUT2D eigenvalue weighted by atomic mass is 32.1. The van der Waals surface area contributed by atoms with Gasteiger partial charge in [-0.1, -0.05) is 19.1 Å². The van der Waals surface area contributed by atoms with Crippen LogP contribution < -0.4 is 20.3 Å². The molecule has 27 heavy (non-hydrogen) atoms. The molecule has 1 heterocycles. The molecule has 144 valence electrons. The second-order valence-electron chi connectivity index (χ2n) is 7.08. The number of likely N-dealkylation sites (tertiary alicyclic amines) is 1. The summed E-state index contributed by atoms with van der Waals surface area (Å²) in [4.78, 5) is 1.63. The molecule has 1 fully saturated rings. The lowest BCUT2D eigenvalue weighted by atomic mass is 10.1. The third-order valence-corrected chi connectivity index (χ3v) is 5.59. The predicted molar refractivity (Wildman–Crippen MR) is 116 cm³/mol. The van der Waals surface area contributed by atoms with Gasteiger partial charge in [0.25, 0.3) is 0 Å². The summed E-state index contributed by atoms with van der Waals surface area (Å²) in [7, 11) is 1.71. The van der Waals surface area contributed by atoms with Crippen LogP contribution in [0.1, 0.15) is 36.9 Å². The topological polar surface area (TPSA) is 37.7 Å². The molecule has 0 aliphatic carbocycles. The van der Waals surface area contributed by atoms with Crippen molar-refractivity contribution in [2.24, 2.45) is 0 Å². The van der Waals surface area contributed by atoms with E-state index in [1.165, 1.54) is 37.1 Å². The minimum Gasteiger partial charge on any atom is -0.497 e. The Kier molecular flexibility index (Phi) is 7.07. The van der Waals surface area contributed by atoms with Crippen molar-refractivity contribution < 1.29 is 9.64 Å². The maximum Gasteiger partial charge on any atom is 0.171 e. The van der Waals surface area contributed by atoms with Crippen LogP contribution in [-0.4, -0.2) is 31.9 Å². The second-order valence-corrected chi connectivity index (χ2v) is 7.48. The van der Waals surface area contributed by atoms with Gasteiger partial charge in [-0.15, -0.1) is 0 Å². The summed E-state index contributed by atoms with van der Waals surface area (Å²) in [6, 6.07) is 17.3.